The Balaban J connectivity index is 2.62. The predicted molar refractivity (Wildman–Crippen MR) is 76.2 cm³/mol. The third kappa shape index (κ3) is 3.14. The van der Waals surface area contributed by atoms with Crippen LogP contribution < -0.4 is 4.74 Å². The molecule has 0 unspecified atom stereocenters. The van der Waals surface area contributed by atoms with E-state index in [-0.39, 0.29) is 18.9 Å². The predicted octanol–water partition coefficient (Wildman–Crippen LogP) is 2.04. The average Bonchev–Trinajstić information content (AvgIpc) is 2.45. The van der Waals surface area contributed by atoms with Gasteiger partial charge in [0.1, 0.15) is 18.7 Å². The van der Waals surface area contributed by atoms with Crippen molar-refractivity contribution in [3.63, 3.8) is 0 Å². The first-order valence-electron chi connectivity index (χ1n) is 6.35. The molecule has 0 amide bonds. The van der Waals surface area contributed by atoms with Gasteiger partial charge in [-0.05, 0) is 19.9 Å². The molecule has 0 spiro atoms. The summed E-state index contributed by atoms with van der Waals surface area (Å²) < 4.78 is 5.46. The van der Waals surface area contributed by atoms with Gasteiger partial charge in [0.25, 0.3) is 5.69 Å². The molecule has 1 heterocycles. The molecule has 0 saturated heterocycles. The summed E-state index contributed by atoms with van der Waals surface area (Å²) in [5.41, 5.74) is 2.63. The number of ether oxygens (including phenoxy) is 1. The molecule has 0 saturated carbocycles. The second kappa shape index (κ2) is 6.27. The van der Waals surface area contributed by atoms with E-state index in [1.165, 1.54) is 24.5 Å². The average molecular weight is 289 g/mol. The smallest absolute Gasteiger partial charge is 0.270 e. The van der Waals surface area contributed by atoms with Crippen LogP contribution in [0.2, 0.25) is 0 Å². The minimum absolute atomic E-state index is 0.0380. The number of aryl methyl sites for hydroxylation is 2. The number of hydrogen-bond acceptors (Lipinski definition) is 6. The van der Waals surface area contributed by atoms with Crippen molar-refractivity contribution in [3.05, 3.63) is 46.0 Å². The van der Waals surface area contributed by atoms with Gasteiger partial charge < -0.3 is 9.84 Å². The van der Waals surface area contributed by atoms with Crippen LogP contribution in [0.1, 0.15) is 11.4 Å². The Morgan fingerprint density at radius 2 is 1.95 bits per heavy atom. The quantitative estimate of drug-likeness (QED) is 0.668. The highest BCUT2D eigenvalue weighted by Gasteiger charge is 2.17. The number of hydrogen-bond donors (Lipinski definition) is 1. The summed E-state index contributed by atoms with van der Waals surface area (Å²) in [6.07, 6.45) is 1.44. The summed E-state index contributed by atoms with van der Waals surface area (Å²) in [5.74, 6) is 0.454. The lowest BCUT2D eigenvalue weighted by molar-refractivity contribution is -0.384. The van der Waals surface area contributed by atoms with Gasteiger partial charge in [0, 0.05) is 34.6 Å². The van der Waals surface area contributed by atoms with Crippen molar-refractivity contribution in [1.29, 1.82) is 0 Å². The van der Waals surface area contributed by atoms with E-state index >= 15 is 0 Å². The lowest BCUT2D eigenvalue weighted by Crippen LogP contribution is -2.04. The Morgan fingerprint density at radius 3 is 2.52 bits per heavy atom. The van der Waals surface area contributed by atoms with Crippen molar-refractivity contribution in [2.75, 3.05) is 13.2 Å². The van der Waals surface area contributed by atoms with Crippen LogP contribution in [0.4, 0.5) is 5.69 Å². The van der Waals surface area contributed by atoms with Gasteiger partial charge in [0.05, 0.1) is 11.5 Å². The summed E-state index contributed by atoms with van der Waals surface area (Å²) in [4.78, 5) is 18.8. The molecule has 0 bridgehead atoms. The number of nitro benzene ring substituents is 1. The minimum atomic E-state index is -0.464. The van der Waals surface area contributed by atoms with Gasteiger partial charge in [-0.1, -0.05) is 0 Å². The third-order valence-corrected chi connectivity index (χ3v) is 3.02. The van der Waals surface area contributed by atoms with Crippen LogP contribution in [-0.4, -0.2) is 33.2 Å². The normalized spacial score (nSPS) is 10.4. The fraction of sp³-hybridized carbons (Fsp3) is 0.286. The van der Waals surface area contributed by atoms with E-state index in [2.05, 4.69) is 9.97 Å². The van der Waals surface area contributed by atoms with Gasteiger partial charge in [-0.15, -0.1) is 0 Å². The van der Waals surface area contributed by atoms with E-state index in [4.69, 9.17) is 9.84 Å². The molecule has 0 aliphatic heterocycles. The molecule has 7 nitrogen and oxygen atoms in total. The van der Waals surface area contributed by atoms with Crippen molar-refractivity contribution in [3.8, 4) is 16.9 Å². The van der Waals surface area contributed by atoms with Gasteiger partial charge in [-0.25, -0.2) is 9.97 Å². The molecular weight excluding hydrogens is 274 g/mol. The molecule has 1 aromatic heterocycles. The second-order valence-electron chi connectivity index (χ2n) is 4.43. The molecule has 0 aliphatic rings. The topological polar surface area (TPSA) is 98.4 Å². The maximum absolute atomic E-state index is 11.0. The van der Waals surface area contributed by atoms with Crippen LogP contribution in [-0.2, 0) is 0 Å². The van der Waals surface area contributed by atoms with Crippen LogP contribution in [0.15, 0.2) is 24.5 Å². The van der Waals surface area contributed by atoms with E-state index in [1.807, 2.05) is 0 Å². The van der Waals surface area contributed by atoms with Gasteiger partial charge in [0.15, 0.2) is 0 Å². The molecule has 1 N–H and O–H groups in total. The Hall–Kier alpha value is -2.54. The zero-order valence-electron chi connectivity index (χ0n) is 11.7. The number of non-ortho nitro benzene ring substituents is 1. The van der Waals surface area contributed by atoms with E-state index in [0.717, 1.165) is 0 Å². The van der Waals surface area contributed by atoms with E-state index in [0.29, 0.717) is 28.3 Å². The molecule has 1 aromatic carbocycles. The van der Waals surface area contributed by atoms with Crippen LogP contribution in [0.5, 0.6) is 5.75 Å². The first kappa shape index (κ1) is 14.9. The van der Waals surface area contributed by atoms with E-state index in [9.17, 15) is 10.1 Å². The maximum Gasteiger partial charge on any atom is 0.270 e. The van der Waals surface area contributed by atoms with Crippen LogP contribution in [0.3, 0.4) is 0 Å². The SMILES string of the molecule is Cc1ncnc(C)c1-c1cc([N+](=O)[O-])ccc1OCCO. The van der Waals surface area contributed by atoms with Crippen LogP contribution >= 0.6 is 0 Å². The number of benzene rings is 1. The fourth-order valence-electron chi connectivity index (χ4n) is 2.09. The van der Waals surface area contributed by atoms with E-state index in [1.54, 1.807) is 13.8 Å². The zero-order valence-corrected chi connectivity index (χ0v) is 11.7. The molecule has 0 atom stereocenters. The summed E-state index contributed by atoms with van der Waals surface area (Å²) in [6.45, 7) is 3.58. The van der Waals surface area contributed by atoms with Crippen LogP contribution in [0.25, 0.3) is 11.1 Å². The number of nitrogens with zero attached hydrogens (tertiary/aromatic N) is 3. The summed E-state index contributed by atoms with van der Waals surface area (Å²) in [5, 5.41) is 19.9. The van der Waals surface area contributed by atoms with E-state index < -0.39 is 4.92 Å². The molecule has 21 heavy (non-hydrogen) atoms. The minimum Gasteiger partial charge on any atom is -0.491 e. The van der Waals surface area contributed by atoms with Crippen molar-refractivity contribution in [2.24, 2.45) is 0 Å². The van der Waals surface area contributed by atoms with Gasteiger partial charge in [-0.3, -0.25) is 10.1 Å². The first-order chi connectivity index (χ1) is 10.0. The largest absolute Gasteiger partial charge is 0.491 e. The Morgan fingerprint density at radius 1 is 1.29 bits per heavy atom. The summed E-state index contributed by atoms with van der Waals surface area (Å²) in [6, 6.07) is 4.32. The fourth-order valence-corrected chi connectivity index (χ4v) is 2.09. The molecule has 2 rings (SSSR count). The Kier molecular flexibility index (Phi) is 4.44. The number of aliphatic hydroxyl groups excluding tert-OH is 1. The maximum atomic E-state index is 11.0. The van der Waals surface area contributed by atoms with Gasteiger partial charge in [-0.2, -0.15) is 0 Å². The standard InChI is InChI=1S/C14H15N3O4/c1-9-14(10(2)16-8-15-9)12-7-11(17(19)20)3-4-13(12)21-6-5-18/h3-4,7-8,18H,5-6H2,1-2H3. The lowest BCUT2D eigenvalue weighted by Gasteiger charge is -2.13. The van der Waals surface area contributed by atoms with Gasteiger partial charge >= 0.3 is 0 Å². The van der Waals surface area contributed by atoms with Crippen molar-refractivity contribution < 1.29 is 14.8 Å². The second-order valence-corrected chi connectivity index (χ2v) is 4.43. The van der Waals surface area contributed by atoms with Crippen molar-refractivity contribution in [2.45, 2.75) is 13.8 Å². The number of aromatic nitrogens is 2. The molecule has 2 aromatic rings. The molecule has 0 aliphatic carbocycles. The van der Waals surface area contributed by atoms with Crippen molar-refractivity contribution >= 4 is 5.69 Å². The molecule has 110 valence electrons. The number of aliphatic hydroxyl groups is 1. The number of rotatable bonds is 5. The highest BCUT2D eigenvalue weighted by molar-refractivity contribution is 5.76. The highest BCUT2D eigenvalue weighted by atomic mass is 16.6. The molecule has 0 radical (unpaired) electrons. The lowest BCUT2D eigenvalue weighted by atomic mass is 10.0. The molecule has 0 fully saturated rings. The Labute approximate surface area is 121 Å². The monoisotopic (exact) mass is 289 g/mol. The summed E-state index contributed by atoms with van der Waals surface area (Å²) in [7, 11) is 0. The Bertz CT molecular complexity index is 653. The molecule has 7 heteroatoms. The molecular formula is C14H15N3O4. The van der Waals surface area contributed by atoms with Crippen LogP contribution in [0, 0.1) is 24.0 Å². The zero-order chi connectivity index (χ0) is 15.4. The van der Waals surface area contributed by atoms with Crippen molar-refractivity contribution in [1.82, 2.24) is 9.97 Å². The third-order valence-electron chi connectivity index (χ3n) is 3.02. The highest BCUT2D eigenvalue weighted by Crippen LogP contribution is 2.36. The number of nitro groups is 1. The summed E-state index contributed by atoms with van der Waals surface area (Å²) >= 11 is 0. The first-order valence-corrected chi connectivity index (χ1v) is 6.35. The van der Waals surface area contributed by atoms with Gasteiger partial charge in [0.2, 0.25) is 0 Å².